The third-order valence-corrected chi connectivity index (χ3v) is 6.05. The van der Waals surface area contributed by atoms with Crippen LogP contribution in [0.3, 0.4) is 0 Å². The predicted octanol–water partition coefficient (Wildman–Crippen LogP) is 3.74. The Morgan fingerprint density at radius 1 is 1.04 bits per heavy atom. The second-order valence-electron chi connectivity index (χ2n) is 7.29. The SMILES string of the molecule is Cc1cc2c(cc1C)[C@H]1C[C@H]3OCCN3C(=O)[C@H]1c1ccccc1-2. The highest BCUT2D eigenvalue weighted by atomic mass is 16.5. The zero-order chi connectivity index (χ0) is 16.4. The summed E-state index contributed by atoms with van der Waals surface area (Å²) in [6.07, 6.45) is 0.860. The molecule has 3 nitrogen and oxygen atoms in total. The Hall–Kier alpha value is -2.13. The summed E-state index contributed by atoms with van der Waals surface area (Å²) in [5, 5.41) is 0. The summed E-state index contributed by atoms with van der Waals surface area (Å²) in [7, 11) is 0. The van der Waals surface area contributed by atoms with Crippen molar-refractivity contribution in [3.63, 3.8) is 0 Å². The van der Waals surface area contributed by atoms with Crippen LogP contribution in [0.15, 0.2) is 36.4 Å². The largest absolute Gasteiger partial charge is 0.356 e. The monoisotopic (exact) mass is 319 g/mol. The first-order chi connectivity index (χ1) is 11.6. The molecule has 122 valence electrons. The smallest absolute Gasteiger partial charge is 0.232 e. The van der Waals surface area contributed by atoms with E-state index in [-0.39, 0.29) is 24.0 Å². The van der Waals surface area contributed by atoms with Crippen molar-refractivity contribution in [1.82, 2.24) is 4.90 Å². The van der Waals surface area contributed by atoms with E-state index in [0.717, 1.165) is 13.0 Å². The molecule has 24 heavy (non-hydrogen) atoms. The molecular weight excluding hydrogens is 298 g/mol. The van der Waals surface area contributed by atoms with Crippen molar-refractivity contribution in [2.45, 2.75) is 38.3 Å². The maximum atomic E-state index is 13.2. The summed E-state index contributed by atoms with van der Waals surface area (Å²) in [4.78, 5) is 15.2. The highest BCUT2D eigenvalue weighted by Gasteiger charge is 2.48. The Kier molecular flexibility index (Phi) is 2.93. The lowest BCUT2D eigenvalue weighted by Gasteiger charge is -2.43. The number of aryl methyl sites for hydroxylation is 2. The van der Waals surface area contributed by atoms with Gasteiger partial charge in [-0.3, -0.25) is 4.79 Å². The van der Waals surface area contributed by atoms with Crippen LogP contribution in [0, 0.1) is 13.8 Å². The lowest BCUT2D eigenvalue weighted by molar-refractivity contribution is -0.143. The van der Waals surface area contributed by atoms with Gasteiger partial charge in [0, 0.05) is 18.9 Å². The summed E-state index contributed by atoms with van der Waals surface area (Å²) in [6.45, 7) is 5.72. The van der Waals surface area contributed by atoms with Gasteiger partial charge in [0.25, 0.3) is 0 Å². The summed E-state index contributed by atoms with van der Waals surface area (Å²) in [6, 6.07) is 13.0. The number of carbonyl (C=O) groups is 1. The zero-order valence-corrected chi connectivity index (χ0v) is 14.1. The van der Waals surface area contributed by atoms with Gasteiger partial charge in [0.2, 0.25) is 5.91 Å². The molecule has 2 aromatic rings. The molecule has 0 bridgehead atoms. The van der Waals surface area contributed by atoms with Gasteiger partial charge >= 0.3 is 0 Å². The van der Waals surface area contributed by atoms with Crippen LogP contribution in [0.1, 0.15) is 40.5 Å². The minimum Gasteiger partial charge on any atom is -0.356 e. The van der Waals surface area contributed by atoms with E-state index in [1.54, 1.807) is 0 Å². The second kappa shape index (κ2) is 4.93. The Morgan fingerprint density at radius 3 is 2.71 bits per heavy atom. The molecule has 0 saturated carbocycles. The molecule has 0 unspecified atom stereocenters. The maximum absolute atomic E-state index is 13.2. The first-order valence-electron chi connectivity index (χ1n) is 8.77. The predicted molar refractivity (Wildman–Crippen MR) is 92.9 cm³/mol. The van der Waals surface area contributed by atoms with Gasteiger partial charge in [-0.1, -0.05) is 36.4 Å². The summed E-state index contributed by atoms with van der Waals surface area (Å²) in [5.74, 6) is 0.403. The van der Waals surface area contributed by atoms with E-state index >= 15 is 0 Å². The van der Waals surface area contributed by atoms with Crippen LogP contribution in [0.25, 0.3) is 11.1 Å². The van der Waals surface area contributed by atoms with Crippen LogP contribution in [-0.2, 0) is 9.53 Å². The zero-order valence-electron chi connectivity index (χ0n) is 14.1. The second-order valence-corrected chi connectivity index (χ2v) is 7.29. The topological polar surface area (TPSA) is 29.5 Å². The van der Waals surface area contributed by atoms with E-state index in [4.69, 9.17) is 4.74 Å². The number of carbonyl (C=O) groups excluding carboxylic acids is 1. The van der Waals surface area contributed by atoms with Crippen molar-refractivity contribution in [3.05, 3.63) is 58.7 Å². The molecule has 2 heterocycles. The molecule has 3 heteroatoms. The van der Waals surface area contributed by atoms with Gasteiger partial charge in [0.1, 0.15) is 6.23 Å². The average Bonchev–Trinajstić information content (AvgIpc) is 3.05. The number of piperidine rings is 1. The van der Waals surface area contributed by atoms with Crippen LogP contribution in [0.2, 0.25) is 0 Å². The van der Waals surface area contributed by atoms with Crippen molar-refractivity contribution in [1.29, 1.82) is 0 Å². The van der Waals surface area contributed by atoms with E-state index in [1.165, 1.54) is 33.4 Å². The lowest BCUT2D eigenvalue weighted by atomic mass is 9.67. The molecule has 0 aromatic heterocycles. The molecule has 0 radical (unpaired) electrons. The van der Waals surface area contributed by atoms with Crippen LogP contribution in [0.5, 0.6) is 0 Å². The number of ether oxygens (including phenoxy) is 1. The van der Waals surface area contributed by atoms with Crippen LogP contribution in [0.4, 0.5) is 0 Å². The quantitative estimate of drug-likeness (QED) is 0.740. The fraction of sp³-hybridized carbons (Fsp3) is 0.381. The summed E-state index contributed by atoms with van der Waals surface area (Å²) in [5.41, 5.74) is 7.65. The highest BCUT2D eigenvalue weighted by Crippen LogP contribution is 2.53. The molecular formula is C21H21NO2. The number of hydrogen-bond donors (Lipinski definition) is 0. The van der Waals surface area contributed by atoms with Crippen molar-refractivity contribution in [2.24, 2.45) is 0 Å². The third-order valence-electron chi connectivity index (χ3n) is 6.05. The molecule has 1 amide bonds. The van der Waals surface area contributed by atoms with E-state index in [1.807, 2.05) is 4.90 Å². The van der Waals surface area contributed by atoms with Gasteiger partial charge in [-0.15, -0.1) is 0 Å². The Morgan fingerprint density at radius 2 is 1.83 bits per heavy atom. The summed E-state index contributed by atoms with van der Waals surface area (Å²) >= 11 is 0. The molecule has 2 fully saturated rings. The van der Waals surface area contributed by atoms with Crippen LogP contribution < -0.4 is 0 Å². The Labute approximate surface area is 142 Å². The average molecular weight is 319 g/mol. The molecule has 2 aliphatic heterocycles. The molecule has 3 atom stereocenters. The number of amides is 1. The lowest BCUT2D eigenvalue weighted by Crippen LogP contribution is -2.48. The van der Waals surface area contributed by atoms with Gasteiger partial charge in [0.15, 0.2) is 0 Å². The van der Waals surface area contributed by atoms with Crippen molar-refractivity contribution >= 4 is 5.91 Å². The molecule has 2 saturated heterocycles. The van der Waals surface area contributed by atoms with Gasteiger partial charge in [0.05, 0.1) is 12.5 Å². The molecule has 2 aromatic carbocycles. The normalized spacial score (nSPS) is 27.3. The van der Waals surface area contributed by atoms with E-state index in [9.17, 15) is 4.79 Å². The van der Waals surface area contributed by atoms with Gasteiger partial charge < -0.3 is 9.64 Å². The maximum Gasteiger partial charge on any atom is 0.232 e. The fourth-order valence-electron chi connectivity index (χ4n) is 4.72. The third kappa shape index (κ3) is 1.79. The fourth-order valence-corrected chi connectivity index (χ4v) is 4.72. The van der Waals surface area contributed by atoms with E-state index < -0.39 is 0 Å². The van der Waals surface area contributed by atoms with Crippen molar-refractivity contribution < 1.29 is 9.53 Å². The Bertz CT molecular complexity index is 857. The number of rotatable bonds is 0. The van der Waals surface area contributed by atoms with E-state index in [2.05, 4.69) is 50.2 Å². The van der Waals surface area contributed by atoms with E-state index in [0.29, 0.717) is 6.61 Å². The molecule has 1 aliphatic carbocycles. The van der Waals surface area contributed by atoms with Gasteiger partial charge in [-0.2, -0.15) is 0 Å². The first kappa shape index (κ1) is 14.2. The molecule has 0 N–H and O–H groups in total. The first-order valence-corrected chi connectivity index (χ1v) is 8.77. The highest BCUT2D eigenvalue weighted by molar-refractivity contribution is 5.92. The number of hydrogen-bond acceptors (Lipinski definition) is 2. The number of fused-ring (bicyclic) bond motifs is 7. The summed E-state index contributed by atoms with van der Waals surface area (Å²) < 4.78 is 5.84. The van der Waals surface area contributed by atoms with Gasteiger partial charge in [-0.25, -0.2) is 0 Å². The number of nitrogens with zero attached hydrogens (tertiary/aromatic N) is 1. The van der Waals surface area contributed by atoms with Crippen molar-refractivity contribution in [2.75, 3.05) is 13.2 Å². The van der Waals surface area contributed by atoms with Crippen LogP contribution >= 0.6 is 0 Å². The molecule has 0 spiro atoms. The minimum absolute atomic E-state index is 0.0431. The Balaban J connectivity index is 1.76. The number of benzene rings is 2. The van der Waals surface area contributed by atoms with Gasteiger partial charge in [-0.05, 0) is 47.2 Å². The standard InChI is InChI=1S/C21H21NO2/c1-12-9-16-14-5-3-4-6-15(14)20-18(17(16)10-13(12)2)11-19-22(21(20)23)7-8-24-19/h3-6,9-10,18-20H,7-8,11H2,1-2H3/t18-,19-,20+/m1/s1. The molecule has 5 rings (SSSR count). The minimum atomic E-state index is -0.0613. The van der Waals surface area contributed by atoms with Crippen molar-refractivity contribution in [3.8, 4) is 11.1 Å². The molecule has 3 aliphatic rings. The van der Waals surface area contributed by atoms with Crippen LogP contribution in [-0.4, -0.2) is 30.2 Å².